The third-order valence-electron chi connectivity index (χ3n) is 3.18. The molecule has 0 spiro atoms. The maximum absolute atomic E-state index is 11.8. The minimum absolute atomic E-state index is 0.522. The highest BCUT2D eigenvalue weighted by Gasteiger charge is 2.31. The highest BCUT2D eigenvalue weighted by molar-refractivity contribution is 7.90. The largest absolute Gasteiger partial charge is 0.480 e. The smallest absolute Gasteiger partial charge is 0.323 e. The van der Waals surface area contributed by atoms with Crippen molar-refractivity contribution in [3.63, 3.8) is 0 Å². The number of carboxylic acids is 1. The number of aromatic nitrogens is 3. The van der Waals surface area contributed by atoms with Crippen molar-refractivity contribution in [1.82, 2.24) is 19.5 Å². The number of aryl methyl sites for hydroxylation is 1. The Kier molecular flexibility index (Phi) is 3.59. The van der Waals surface area contributed by atoms with E-state index >= 15 is 0 Å². The van der Waals surface area contributed by atoms with Crippen molar-refractivity contribution in [2.24, 2.45) is 0 Å². The van der Waals surface area contributed by atoms with Gasteiger partial charge in [0.2, 0.25) is 10.0 Å². The van der Waals surface area contributed by atoms with Crippen LogP contribution in [-0.2, 0) is 27.8 Å². The Morgan fingerprint density at radius 2 is 2.11 bits per heavy atom. The van der Waals surface area contributed by atoms with Gasteiger partial charge in [0.15, 0.2) is 11.1 Å². The number of fused-ring (bicyclic) bond motifs is 1. The molecule has 19 heavy (non-hydrogen) atoms. The quantitative estimate of drug-likeness (QED) is 0.767. The van der Waals surface area contributed by atoms with Gasteiger partial charge in [-0.3, -0.25) is 4.79 Å². The predicted molar refractivity (Wildman–Crippen MR) is 65.9 cm³/mol. The first kappa shape index (κ1) is 13.9. The summed E-state index contributed by atoms with van der Waals surface area (Å²) in [4.78, 5) is 10.7. The highest BCUT2D eigenvalue weighted by atomic mass is 32.2. The molecule has 106 valence electrons. The number of nitrogens with one attached hydrogen (secondary N) is 1. The first-order valence-electron chi connectivity index (χ1n) is 5.99. The van der Waals surface area contributed by atoms with Gasteiger partial charge >= 0.3 is 5.97 Å². The molecule has 1 aliphatic rings. The first-order valence-corrected chi connectivity index (χ1v) is 7.53. The Balaban J connectivity index is 2.17. The second-order valence-corrected chi connectivity index (χ2v) is 6.63. The normalized spacial score (nSPS) is 18.0. The molecular formula is C10H16N4O4S. The molecular weight excluding hydrogens is 272 g/mol. The molecule has 0 radical (unpaired) electrons. The number of nitrogens with zero attached hydrogens (tertiary/aromatic N) is 3. The zero-order chi connectivity index (χ0) is 14.2. The van der Waals surface area contributed by atoms with Gasteiger partial charge in [-0.2, -0.15) is 0 Å². The Morgan fingerprint density at radius 1 is 1.42 bits per heavy atom. The Labute approximate surface area is 110 Å². The zero-order valence-corrected chi connectivity index (χ0v) is 11.5. The molecule has 1 aromatic heterocycles. The van der Waals surface area contributed by atoms with Crippen LogP contribution in [0.15, 0.2) is 0 Å². The molecule has 9 heteroatoms. The average Bonchev–Trinajstić information content (AvgIpc) is 2.87. The van der Waals surface area contributed by atoms with E-state index in [4.69, 9.17) is 5.11 Å². The van der Waals surface area contributed by atoms with Gasteiger partial charge in [-0.15, -0.1) is 10.2 Å². The zero-order valence-electron chi connectivity index (χ0n) is 10.7. The molecule has 2 N–H and O–H groups in total. The summed E-state index contributed by atoms with van der Waals surface area (Å²) in [5.74, 6) is -0.0211. The molecule has 8 nitrogen and oxygen atoms in total. The number of rotatable bonds is 5. The number of carbonyl (C=O) groups is 1. The SMILES string of the molecule is CC(NS(=O)(=O)C(C)C(=O)O)c1nnc2n1CCC2. The summed E-state index contributed by atoms with van der Waals surface area (Å²) >= 11 is 0. The summed E-state index contributed by atoms with van der Waals surface area (Å²) in [7, 11) is -3.93. The molecule has 0 amide bonds. The first-order chi connectivity index (χ1) is 8.83. The Hall–Kier alpha value is -1.48. The fourth-order valence-electron chi connectivity index (χ4n) is 2.03. The lowest BCUT2D eigenvalue weighted by atomic mass is 10.3. The van der Waals surface area contributed by atoms with Gasteiger partial charge in [0.25, 0.3) is 0 Å². The van der Waals surface area contributed by atoms with Crippen molar-refractivity contribution in [2.75, 3.05) is 0 Å². The monoisotopic (exact) mass is 288 g/mol. The molecule has 2 rings (SSSR count). The van der Waals surface area contributed by atoms with E-state index in [1.165, 1.54) is 0 Å². The van der Waals surface area contributed by atoms with Crippen molar-refractivity contribution in [2.45, 2.75) is 44.5 Å². The second-order valence-electron chi connectivity index (χ2n) is 4.59. The van der Waals surface area contributed by atoms with Crippen LogP contribution in [0.3, 0.4) is 0 Å². The summed E-state index contributed by atoms with van der Waals surface area (Å²) in [6.45, 7) is 3.52. The molecule has 0 aromatic carbocycles. The predicted octanol–water partition coefficient (Wildman–Crippen LogP) is -0.322. The van der Waals surface area contributed by atoms with Crippen molar-refractivity contribution in [3.8, 4) is 0 Å². The van der Waals surface area contributed by atoms with Crippen molar-refractivity contribution >= 4 is 16.0 Å². The van der Waals surface area contributed by atoms with Gasteiger partial charge in [-0.1, -0.05) is 0 Å². The van der Waals surface area contributed by atoms with Crippen LogP contribution in [0, 0.1) is 0 Å². The molecule has 0 fully saturated rings. The lowest BCUT2D eigenvalue weighted by molar-refractivity contribution is -0.136. The van der Waals surface area contributed by atoms with Crippen molar-refractivity contribution < 1.29 is 18.3 Å². The number of hydrogen-bond donors (Lipinski definition) is 2. The third kappa shape index (κ3) is 2.61. The van der Waals surface area contributed by atoms with E-state index in [0.717, 1.165) is 32.1 Å². The molecule has 2 unspecified atom stereocenters. The minimum Gasteiger partial charge on any atom is -0.480 e. The van der Waals surface area contributed by atoms with Crippen LogP contribution in [0.25, 0.3) is 0 Å². The summed E-state index contributed by atoms with van der Waals surface area (Å²) < 4.78 is 27.9. The molecule has 0 aliphatic carbocycles. The van der Waals surface area contributed by atoms with Gasteiger partial charge in [0, 0.05) is 13.0 Å². The summed E-state index contributed by atoms with van der Waals surface area (Å²) in [6, 6.07) is -0.605. The fourth-order valence-corrected chi connectivity index (χ4v) is 3.10. The fraction of sp³-hybridized carbons (Fsp3) is 0.700. The van der Waals surface area contributed by atoms with Crippen LogP contribution in [0.2, 0.25) is 0 Å². The lowest BCUT2D eigenvalue weighted by Crippen LogP contribution is -2.39. The van der Waals surface area contributed by atoms with E-state index in [1.54, 1.807) is 6.92 Å². The molecule has 0 saturated heterocycles. The van der Waals surface area contributed by atoms with Gasteiger partial charge in [0.1, 0.15) is 5.82 Å². The maximum atomic E-state index is 11.8. The molecule has 2 heterocycles. The van der Waals surface area contributed by atoms with Crippen LogP contribution in [-0.4, -0.2) is 39.5 Å². The molecule has 1 aromatic rings. The second kappa shape index (κ2) is 4.89. The number of sulfonamides is 1. The Morgan fingerprint density at radius 3 is 2.74 bits per heavy atom. The topological polar surface area (TPSA) is 114 Å². The van der Waals surface area contributed by atoms with Gasteiger partial charge in [-0.25, -0.2) is 13.1 Å². The van der Waals surface area contributed by atoms with Crippen LogP contribution < -0.4 is 4.72 Å². The van der Waals surface area contributed by atoms with Crippen LogP contribution in [0.1, 0.15) is 38.0 Å². The minimum atomic E-state index is -3.93. The number of carboxylic acid groups (broad SMARTS) is 1. The van der Waals surface area contributed by atoms with E-state index < -0.39 is 27.3 Å². The number of hydrogen-bond acceptors (Lipinski definition) is 5. The van der Waals surface area contributed by atoms with E-state index in [-0.39, 0.29) is 0 Å². The van der Waals surface area contributed by atoms with Gasteiger partial charge in [0.05, 0.1) is 6.04 Å². The summed E-state index contributed by atoms with van der Waals surface area (Å²) in [6.07, 6.45) is 1.79. The van der Waals surface area contributed by atoms with Gasteiger partial charge < -0.3 is 9.67 Å². The third-order valence-corrected chi connectivity index (χ3v) is 4.99. The summed E-state index contributed by atoms with van der Waals surface area (Å²) in [5, 5.41) is 15.2. The van der Waals surface area contributed by atoms with Crippen molar-refractivity contribution in [1.29, 1.82) is 0 Å². The standard InChI is InChI=1S/C10H16N4O4S/c1-6(13-19(17,18)7(2)10(15)16)9-12-11-8-4-3-5-14(8)9/h6-7,13H,3-5H2,1-2H3,(H,15,16). The van der Waals surface area contributed by atoms with Gasteiger partial charge in [-0.05, 0) is 20.3 Å². The maximum Gasteiger partial charge on any atom is 0.323 e. The molecule has 1 aliphatic heterocycles. The highest BCUT2D eigenvalue weighted by Crippen LogP contribution is 2.19. The van der Waals surface area contributed by atoms with Crippen molar-refractivity contribution in [3.05, 3.63) is 11.6 Å². The lowest BCUT2D eigenvalue weighted by Gasteiger charge is -2.16. The average molecular weight is 288 g/mol. The molecule has 0 bridgehead atoms. The van der Waals surface area contributed by atoms with Crippen LogP contribution >= 0.6 is 0 Å². The summed E-state index contributed by atoms with van der Waals surface area (Å²) in [5.41, 5.74) is 0. The Bertz CT molecular complexity index is 595. The van der Waals surface area contributed by atoms with E-state index in [2.05, 4.69) is 14.9 Å². The molecule has 2 atom stereocenters. The van der Waals surface area contributed by atoms with Crippen LogP contribution in [0.5, 0.6) is 0 Å². The van der Waals surface area contributed by atoms with E-state index in [1.807, 2.05) is 4.57 Å². The van der Waals surface area contributed by atoms with E-state index in [0.29, 0.717) is 5.82 Å². The van der Waals surface area contributed by atoms with Crippen LogP contribution in [0.4, 0.5) is 0 Å². The van der Waals surface area contributed by atoms with E-state index in [9.17, 15) is 13.2 Å². The number of aliphatic carboxylic acids is 1. The molecule has 0 saturated carbocycles.